The number of aliphatic hydroxyl groups is 4. The van der Waals surface area contributed by atoms with E-state index in [2.05, 4.69) is 0 Å². The monoisotopic (exact) mass is 454 g/mol. The summed E-state index contributed by atoms with van der Waals surface area (Å²) in [5, 5.41) is 50.1. The second-order valence-corrected chi connectivity index (χ2v) is 8.13. The van der Waals surface area contributed by atoms with Crippen molar-refractivity contribution in [1.82, 2.24) is 0 Å². The van der Waals surface area contributed by atoms with Crippen LogP contribution in [0.1, 0.15) is 33.2 Å². The van der Waals surface area contributed by atoms with E-state index in [0.29, 0.717) is 28.0 Å². The lowest BCUT2D eigenvalue weighted by molar-refractivity contribution is -0.231. The summed E-state index contributed by atoms with van der Waals surface area (Å²) >= 11 is 0. The van der Waals surface area contributed by atoms with E-state index in [0.717, 1.165) is 5.56 Å². The standard InChI is InChI=1S/C25H26O8/c1-32-18-8-7-14(24-23(29)22(28)21(27)19(12-26)33-24)10-15(18)11-16-9-13-5-3-2-4-6-17(13)20(16)25(30)31/h2-10,19,21-24,26-29H,11-12H2,1H3,(H,30,31)/t19-,21-,22+,23-,24+/m1/s1. The molecule has 0 saturated carbocycles. The zero-order valence-electron chi connectivity index (χ0n) is 18.0. The molecule has 2 aliphatic carbocycles. The highest BCUT2D eigenvalue weighted by Crippen LogP contribution is 2.37. The van der Waals surface area contributed by atoms with E-state index in [-0.39, 0.29) is 12.0 Å². The number of ether oxygens (including phenoxy) is 2. The molecule has 1 aliphatic heterocycles. The van der Waals surface area contributed by atoms with Crippen molar-refractivity contribution in [2.45, 2.75) is 36.9 Å². The van der Waals surface area contributed by atoms with Gasteiger partial charge >= 0.3 is 5.97 Å². The summed E-state index contributed by atoms with van der Waals surface area (Å²) in [6, 6.07) is 16.0. The van der Waals surface area contributed by atoms with Gasteiger partial charge < -0.3 is 35.0 Å². The number of hydrogen-bond acceptors (Lipinski definition) is 7. The fraction of sp³-hybridized carbons (Fsp3) is 0.320. The molecule has 174 valence electrons. The molecule has 4 rings (SSSR count). The third-order valence-corrected chi connectivity index (χ3v) is 6.11. The molecule has 0 radical (unpaired) electrons. The van der Waals surface area contributed by atoms with Crippen LogP contribution in [0.4, 0.5) is 0 Å². The van der Waals surface area contributed by atoms with Crippen LogP contribution in [0.25, 0.3) is 11.1 Å². The molecule has 3 aliphatic rings. The van der Waals surface area contributed by atoms with Crippen LogP contribution in [0.5, 0.6) is 5.75 Å². The third kappa shape index (κ3) is 4.31. The first-order chi connectivity index (χ1) is 15.8. The summed E-state index contributed by atoms with van der Waals surface area (Å²) in [6.45, 7) is -0.524. The van der Waals surface area contributed by atoms with Crippen LogP contribution in [0.2, 0.25) is 0 Å². The van der Waals surface area contributed by atoms with Crippen molar-refractivity contribution in [3.8, 4) is 16.9 Å². The number of carboxylic acids is 1. The molecule has 33 heavy (non-hydrogen) atoms. The number of aromatic carboxylic acids is 1. The molecule has 8 heteroatoms. The minimum atomic E-state index is -1.49. The fourth-order valence-corrected chi connectivity index (χ4v) is 4.44. The second kappa shape index (κ2) is 9.46. The Morgan fingerprint density at radius 1 is 0.970 bits per heavy atom. The first-order valence-corrected chi connectivity index (χ1v) is 10.6. The van der Waals surface area contributed by atoms with Crippen molar-refractivity contribution in [3.63, 3.8) is 0 Å². The van der Waals surface area contributed by atoms with E-state index >= 15 is 0 Å². The van der Waals surface area contributed by atoms with Gasteiger partial charge in [0.2, 0.25) is 0 Å². The zero-order chi connectivity index (χ0) is 23.7. The van der Waals surface area contributed by atoms with Gasteiger partial charge in [-0.05, 0) is 46.0 Å². The number of carboxylic acid groups (broad SMARTS) is 1. The van der Waals surface area contributed by atoms with Crippen molar-refractivity contribution in [3.05, 3.63) is 76.9 Å². The van der Waals surface area contributed by atoms with Gasteiger partial charge in [0.25, 0.3) is 0 Å². The summed E-state index contributed by atoms with van der Waals surface area (Å²) in [6.07, 6.45) is -6.14. The summed E-state index contributed by atoms with van der Waals surface area (Å²) in [7, 11) is 1.51. The van der Waals surface area contributed by atoms with E-state index < -0.39 is 43.1 Å². The molecule has 1 fully saturated rings. The normalized spacial score (nSPS) is 25.2. The lowest BCUT2D eigenvalue weighted by Gasteiger charge is -2.40. The summed E-state index contributed by atoms with van der Waals surface area (Å²) in [5.74, 6) is -0.509. The van der Waals surface area contributed by atoms with Gasteiger partial charge in [-0.1, -0.05) is 36.4 Å². The molecule has 5 atom stereocenters. The Hall–Kier alpha value is -3.01. The minimum absolute atomic E-state index is 0.210. The SMILES string of the molecule is COc1ccc([C@@H]2O[C@H](CO)[C@@H](O)[C@H](O)[C@H]2O)cc1Cc1cc2cccccc-2c1C(=O)O. The number of rotatable bonds is 6. The summed E-state index contributed by atoms with van der Waals surface area (Å²) in [4.78, 5) is 12.1. The maximum Gasteiger partial charge on any atom is 0.336 e. The Morgan fingerprint density at radius 2 is 1.73 bits per heavy atom. The Labute approximate surface area is 190 Å². The van der Waals surface area contributed by atoms with Gasteiger partial charge in [-0.15, -0.1) is 0 Å². The molecular weight excluding hydrogens is 428 g/mol. The largest absolute Gasteiger partial charge is 0.496 e. The van der Waals surface area contributed by atoms with Gasteiger partial charge in [0.15, 0.2) is 0 Å². The fourth-order valence-electron chi connectivity index (χ4n) is 4.44. The van der Waals surface area contributed by atoms with Gasteiger partial charge in [0.1, 0.15) is 36.3 Å². The smallest absolute Gasteiger partial charge is 0.336 e. The first-order valence-electron chi connectivity index (χ1n) is 10.6. The average molecular weight is 454 g/mol. The van der Waals surface area contributed by atoms with Crippen molar-refractivity contribution in [1.29, 1.82) is 0 Å². The van der Waals surface area contributed by atoms with Crippen LogP contribution < -0.4 is 4.74 Å². The van der Waals surface area contributed by atoms with Gasteiger partial charge in [-0.3, -0.25) is 0 Å². The molecule has 0 bridgehead atoms. The Kier molecular flexibility index (Phi) is 6.64. The van der Waals surface area contributed by atoms with E-state index in [4.69, 9.17) is 9.47 Å². The highest BCUT2D eigenvalue weighted by Gasteiger charge is 2.44. The number of benzene rings is 1. The molecule has 1 saturated heterocycles. The lowest BCUT2D eigenvalue weighted by Crippen LogP contribution is -2.55. The predicted molar refractivity (Wildman–Crippen MR) is 119 cm³/mol. The Balaban J connectivity index is 1.74. The average Bonchev–Trinajstić information content (AvgIpc) is 2.98. The predicted octanol–water partition coefficient (Wildman–Crippen LogP) is 1.60. The van der Waals surface area contributed by atoms with Gasteiger partial charge in [-0.25, -0.2) is 4.79 Å². The molecular formula is C25H26O8. The zero-order valence-corrected chi connectivity index (χ0v) is 18.0. The number of carbonyl (C=O) groups is 1. The molecule has 0 unspecified atom stereocenters. The van der Waals surface area contributed by atoms with E-state index in [1.165, 1.54) is 7.11 Å². The quantitative estimate of drug-likeness (QED) is 0.379. The number of fused-ring (bicyclic) bond motifs is 1. The minimum Gasteiger partial charge on any atom is -0.496 e. The van der Waals surface area contributed by atoms with E-state index in [9.17, 15) is 30.3 Å². The molecule has 8 nitrogen and oxygen atoms in total. The van der Waals surface area contributed by atoms with Gasteiger partial charge in [0, 0.05) is 6.42 Å². The van der Waals surface area contributed by atoms with Crippen LogP contribution >= 0.6 is 0 Å². The van der Waals surface area contributed by atoms with Crippen LogP contribution in [-0.2, 0) is 11.2 Å². The van der Waals surface area contributed by atoms with Gasteiger partial charge in [0.05, 0.1) is 19.3 Å². The number of methoxy groups -OCH3 is 1. The third-order valence-electron chi connectivity index (χ3n) is 6.11. The molecule has 0 amide bonds. The van der Waals surface area contributed by atoms with Crippen LogP contribution in [-0.4, -0.2) is 69.6 Å². The van der Waals surface area contributed by atoms with Crippen LogP contribution in [0, 0.1) is 0 Å². The summed E-state index contributed by atoms with van der Waals surface area (Å²) < 4.78 is 11.1. The maximum atomic E-state index is 12.1. The topological polar surface area (TPSA) is 137 Å². The lowest BCUT2D eigenvalue weighted by atomic mass is 9.90. The van der Waals surface area contributed by atoms with Crippen molar-refractivity contribution >= 4 is 5.97 Å². The molecule has 0 spiro atoms. The Bertz CT molecular complexity index is 1110. The highest BCUT2D eigenvalue weighted by atomic mass is 16.5. The molecule has 5 N–H and O–H groups in total. The van der Waals surface area contributed by atoms with Crippen LogP contribution in [0.3, 0.4) is 0 Å². The highest BCUT2D eigenvalue weighted by molar-refractivity contribution is 5.99. The van der Waals surface area contributed by atoms with E-state index in [1.807, 2.05) is 24.3 Å². The maximum absolute atomic E-state index is 12.1. The van der Waals surface area contributed by atoms with Crippen molar-refractivity contribution in [2.24, 2.45) is 0 Å². The second-order valence-electron chi connectivity index (χ2n) is 8.13. The molecule has 1 aromatic carbocycles. The van der Waals surface area contributed by atoms with Crippen molar-refractivity contribution in [2.75, 3.05) is 13.7 Å². The van der Waals surface area contributed by atoms with Gasteiger partial charge in [-0.2, -0.15) is 0 Å². The van der Waals surface area contributed by atoms with Crippen molar-refractivity contribution < 1.29 is 39.8 Å². The first kappa shape index (κ1) is 23.2. The molecule has 0 aromatic heterocycles. The molecule has 1 heterocycles. The Morgan fingerprint density at radius 3 is 2.42 bits per heavy atom. The van der Waals surface area contributed by atoms with Crippen LogP contribution in [0.15, 0.2) is 54.6 Å². The van der Waals surface area contributed by atoms with E-state index in [1.54, 1.807) is 30.3 Å². The number of aliphatic hydroxyl groups excluding tert-OH is 4. The number of hydrogen-bond donors (Lipinski definition) is 5. The molecule has 1 aromatic rings. The summed E-state index contributed by atoms with van der Waals surface area (Å²) in [5.41, 5.74) is 3.41.